The normalized spacial score (nSPS) is 14.5. The average Bonchev–Trinajstić information content (AvgIpc) is 2.39. The standard InChI is InChI=1S/C15H12OS/c16-15-14-12(9-10-17-15)7-4-8-13(14)11-5-2-1-3-6-11/h1-8H,9-10H2. The molecule has 1 aliphatic rings. The maximum Gasteiger partial charge on any atom is 0.220 e. The van der Waals surface area contributed by atoms with Gasteiger partial charge < -0.3 is 0 Å². The Kier molecular flexibility index (Phi) is 2.73. The average molecular weight is 240 g/mol. The van der Waals surface area contributed by atoms with Crippen LogP contribution in [0.4, 0.5) is 0 Å². The van der Waals surface area contributed by atoms with Gasteiger partial charge in [0.2, 0.25) is 5.12 Å². The highest BCUT2D eigenvalue weighted by atomic mass is 32.2. The van der Waals surface area contributed by atoms with Crippen molar-refractivity contribution in [2.45, 2.75) is 6.42 Å². The molecule has 2 heteroatoms. The Balaban J connectivity index is 2.21. The number of rotatable bonds is 1. The summed E-state index contributed by atoms with van der Waals surface area (Å²) < 4.78 is 0. The third kappa shape index (κ3) is 1.89. The van der Waals surface area contributed by atoms with Crippen LogP contribution in [0.15, 0.2) is 48.5 Å². The van der Waals surface area contributed by atoms with E-state index in [1.165, 1.54) is 17.3 Å². The van der Waals surface area contributed by atoms with Crippen LogP contribution in [0.25, 0.3) is 11.1 Å². The zero-order valence-corrected chi connectivity index (χ0v) is 10.2. The van der Waals surface area contributed by atoms with Crippen molar-refractivity contribution in [1.82, 2.24) is 0 Å². The molecule has 3 rings (SSSR count). The van der Waals surface area contributed by atoms with Crippen LogP contribution in [0, 0.1) is 0 Å². The second kappa shape index (κ2) is 4.38. The molecular weight excluding hydrogens is 228 g/mol. The summed E-state index contributed by atoms with van der Waals surface area (Å²) in [4.78, 5) is 12.0. The first kappa shape index (κ1) is 10.6. The van der Waals surface area contributed by atoms with E-state index in [-0.39, 0.29) is 5.12 Å². The SMILES string of the molecule is O=C1SCCc2cccc(-c3ccccc3)c21. The molecule has 0 bridgehead atoms. The van der Waals surface area contributed by atoms with Gasteiger partial charge in [-0.05, 0) is 23.1 Å². The van der Waals surface area contributed by atoms with Crippen LogP contribution in [-0.2, 0) is 6.42 Å². The Morgan fingerprint density at radius 2 is 1.76 bits per heavy atom. The van der Waals surface area contributed by atoms with Crippen LogP contribution < -0.4 is 0 Å². The van der Waals surface area contributed by atoms with Gasteiger partial charge in [0.25, 0.3) is 0 Å². The summed E-state index contributed by atoms with van der Waals surface area (Å²) in [5.41, 5.74) is 4.30. The molecule has 17 heavy (non-hydrogen) atoms. The topological polar surface area (TPSA) is 17.1 Å². The lowest BCUT2D eigenvalue weighted by molar-refractivity contribution is 0.108. The molecule has 0 aromatic heterocycles. The van der Waals surface area contributed by atoms with E-state index in [1.54, 1.807) is 0 Å². The molecule has 0 amide bonds. The Morgan fingerprint density at radius 3 is 2.59 bits per heavy atom. The molecule has 0 aliphatic carbocycles. The third-order valence-corrected chi connectivity index (χ3v) is 3.92. The van der Waals surface area contributed by atoms with E-state index < -0.39 is 0 Å². The molecule has 0 saturated carbocycles. The van der Waals surface area contributed by atoms with E-state index in [0.29, 0.717) is 0 Å². The van der Waals surface area contributed by atoms with Gasteiger partial charge in [0.15, 0.2) is 0 Å². The van der Waals surface area contributed by atoms with E-state index in [0.717, 1.165) is 28.9 Å². The number of carbonyl (C=O) groups excluding carboxylic acids is 1. The molecule has 0 N–H and O–H groups in total. The van der Waals surface area contributed by atoms with E-state index in [9.17, 15) is 4.79 Å². The molecule has 84 valence electrons. The number of thioether (sulfide) groups is 1. The number of carbonyl (C=O) groups is 1. The highest BCUT2D eigenvalue weighted by Crippen LogP contribution is 2.33. The van der Waals surface area contributed by atoms with Crippen molar-refractivity contribution in [3.63, 3.8) is 0 Å². The molecule has 1 heterocycles. The summed E-state index contributed by atoms with van der Waals surface area (Å²) in [6.45, 7) is 0. The first-order valence-corrected chi connectivity index (χ1v) is 6.69. The highest BCUT2D eigenvalue weighted by molar-refractivity contribution is 8.14. The van der Waals surface area contributed by atoms with Gasteiger partial charge in [0, 0.05) is 11.3 Å². The lowest BCUT2D eigenvalue weighted by Gasteiger charge is -2.17. The minimum Gasteiger partial charge on any atom is -0.282 e. The van der Waals surface area contributed by atoms with Crippen molar-refractivity contribution in [2.75, 3.05) is 5.75 Å². The van der Waals surface area contributed by atoms with Crippen LogP contribution in [0.1, 0.15) is 15.9 Å². The maximum atomic E-state index is 12.0. The number of fused-ring (bicyclic) bond motifs is 1. The van der Waals surface area contributed by atoms with Crippen molar-refractivity contribution in [1.29, 1.82) is 0 Å². The van der Waals surface area contributed by atoms with E-state index in [1.807, 2.05) is 30.3 Å². The fraction of sp³-hybridized carbons (Fsp3) is 0.133. The Labute approximate surface area is 105 Å². The minimum absolute atomic E-state index is 0.214. The van der Waals surface area contributed by atoms with Gasteiger partial charge in [-0.25, -0.2) is 0 Å². The zero-order valence-electron chi connectivity index (χ0n) is 9.35. The van der Waals surface area contributed by atoms with Gasteiger partial charge in [-0.2, -0.15) is 0 Å². The first-order chi connectivity index (χ1) is 8.36. The summed E-state index contributed by atoms with van der Waals surface area (Å²) in [6.07, 6.45) is 0.992. The monoisotopic (exact) mass is 240 g/mol. The molecule has 1 nitrogen and oxygen atoms in total. The molecule has 0 atom stereocenters. The number of benzene rings is 2. The molecule has 0 unspecified atom stereocenters. The Morgan fingerprint density at radius 1 is 0.941 bits per heavy atom. The molecule has 0 radical (unpaired) electrons. The molecule has 2 aromatic rings. The molecule has 0 saturated heterocycles. The lowest BCUT2D eigenvalue weighted by atomic mass is 9.95. The quantitative estimate of drug-likeness (QED) is 0.754. The van der Waals surface area contributed by atoms with Crippen molar-refractivity contribution in [3.8, 4) is 11.1 Å². The summed E-state index contributed by atoms with van der Waals surface area (Å²) in [6, 6.07) is 16.3. The van der Waals surface area contributed by atoms with E-state index in [2.05, 4.69) is 18.2 Å². The van der Waals surface area contributed by atoms with Gasteiger partial charge in [-0.15, -0.1) is 0 Å². The van der Waals surface area contributed by atoms with Crippen LogP contribution in [-0.4, -0.2) is 10.9 Å². The molecule has 0 spiro atoms. The first-order valence-electron chi connectivity index (χ1n) is 5.71. The zero-order chi connectivity index (χ0) is 11.7. The van der Waals surface area contributed by atoms with Gasteiger partial charge >= 0.3 is 0 Å². The van der Waals surface area contributed by atoms with Gasteiger partial charge in [-0.3, -0.25) is 4.79 Å². The summed E-state index contributed by atoms with van der Waals surface area (Å²) in [7, 11) is 0. The molecule has 1 aliphatic heterocycles. The fourth-order valence-electron chi connectivity index (χ4n) is 2.23. The summed E-state index contributed by atoms with van der Waals surface area (Å²) in [5, 5.41) is 0.214. The Bertz CT molecular complexity index is 560. The van der Waals surface area contributed by atoms with E-state index in [4.69, 9.17) is 0 Å². The number of hydrogen-bond donors (Lipinski definition) is 0. The van der Waals surface area contributed by atoms with Gasteiger partial charge in [-0.1, -0.05) is 60.3 Å². The predicted molar refractivity (Wildman–Crippen MR) is 72.4 cm³/mol. The van der Waals surface area contributed by atoms with Gasteiger partial charge in [0.1, 0.15) is 0 Å². The molecule has 2 aromatic carbocycles. The highest BCUT2D eigenvalue weighted by Gasteiger charge is 2.21. The van der Waals surface area contributed by atoms with Crippen LogP contribution in [0.5, 0.6) is 0 Å². The van der Waals surface area contributed by atoms with Crippen molar-refractivity contribution < 1.29 is 4.79 Å². The van der Waals surface area contributed by atoms with E-state index >= 15 is 0 Å². The largest absolute Gasteiger partial charge is 0.282 e. The number of aryl methyl sites for hydroxylation is 1. The summed E-state index contributed by atoms with van der Waals surface area (Å²) in [5.74, 6) is 0.907. The maximum absolute atomic E-state index is 12.0. The van der Waals surface area contributed by atoms with Crippen molar-refractivity contribution in [3.05, 3.63) is 59.7 Å². The van der Waals surface area contributed by atoms with Gasteiger partial charge in [0.05, 0.1) is 0 Å². The number of hydrogen-bond acceptors (Lipinski definition) is 2. The van der Waals surface area contributed by atoms with Crippen LogP contribution >= 0.6 is 11.8 Å². The smallest absolute Gasteiger partial charge is 0.220 e. The fourth-order valence-corrected chi connectivity index (χ4v) is 3.13. The minimum atomic E-state index is 0.214. The lowest BCUT2D eigenvalue weighted by Crippen LogP contribution is -2.10. The van der Waals surface area contributed by atoms with Crippen LogP contribution in [0.2, 0.25) is 0 Å². The second-order valence-electron chi connectivity index (χ2n) is 4.09. The second-order valence-corrected chi connectivity index (χ2v) is 5.16. The molecular formula is C15H12OS. The summed E-state index contributed by atoms with van der Waals surface area (Å²) >= 11 is 1.43. The van der Waals surface area contributed by atoms with Crippen molar-refractivity contribution in [2.24, 2.45) is 0 Å². The van der Waals surface area contributed by atoms with Crippen LogP contribution in [0.3, 0.4) is 0 Å². The molecule has 0 fully saturated rings. The third-order valence-electron chi connectivity index (χ3n) is 3.04. The van der Waals surface area contributed by atoms with Crippen molar-refractivity contribution >= 4 is 16.9 Å². The Hall–Kier alpha value is -1.54. The predicted octanol–water partition coefficient (Wildman–Crippen LogP) is 3.78.